The van der Waals surface area contributed by atoms with E-state index in [-0.39, 0.29) is 23.8 Å². The van der Waals surface area contributed by atoms with Gasteiger partial charge in [-0.15, -0.1) is 5.10 Å². The van der Waals surface area contributed by atoms with Crippen molar-refractivity contribution in [1.29, 1.82) is 0 Å². The van der Waals surface area contributed by atoms with Gasteiger partial charge in [0, 0.05) is 18.8 Å². The van der Waals surface area contributed by atoms with Crippen LogP contribution in [0.25, 0.3) is 0 Å². The predicted octanol–water partition coefficient (Wildman–Crippen LogP) is 0.308. The summed E-state index contributed by atoms with van der Waals surface area (Å²) in [5.74, 6) is 0.123. The predicted molar refractivity (Wildman–Crippen MR) is 70.8 cm³/mol. The number of methoxy groups -OCH3 is 1. The van der Waals surface area contributed by atoms with E-state index in [2.05, 4.69) is 20.8 Å². The lowest BCUT2D eigenvalue weighted by molar-refractivity contribution is -0.385. The third-order valence-electron chi connectivity index (χ3n) is 2.69. The quantitative estimate of drug-likeness (QED) is 0.620. The first-order valence-corrected chi connectivity index (χ1v) is 5.84. The van der Waals surface area contributed by atoms with Gasteiger partial charge in [0.15, 0.2) is 11.6 Å². The summed E-state index contributed by atoms with van der Waals surface area (Å²) in [6.45, 7) is 0. The van der Waals surface area contributed by atoms with E-state index >= 15 is 0 Å². The van der Waals surface area contributed by atoms with Crippen LogP contribution in [0.2, 0.25) is 0 Å². The molecule has 1 heterocycles. The lowest BCUT2D eigenvalue weighted by atomic mass is 10.2. The van der Waals surface area contributed by atoms with Crippen LogP contribution in [-0.2, 0) is 18.3 Å². The molecule has 2 rings (SSSR count). The van der Waals surface area contributed by atoms with Gasteiger partial charge in [0.05, 0.1) is 18.5 Å². The number of aromatic nitrogens is 4. The molecular weight excluding hydrogens is 280 g/mol. The number of carbonyl (C=O) groups is 1. The fourth-order valence-electron chi connectivity index (χ4n) is 1.66. The van der Waals surface area contributed by atoms with Gasteiger partial charge >= 0.3 is 5.69 Å². The van der Waals surface area contributed by atoms with Crippen LogP contribution in [0.3, 0.4) is 0 Å². The molecule has 10 heteroatoms. The summed E-state index contributed by atoms with van der Waals surface area (Å²) in [7, 11) is 2.95. The Morgan fingerprint density at radius 1 is 1.52 bits per heavy atom. The number of nitro groups is 1. The summed E-state index contributed by atoms with van der Waals surface area (Å²) in [4.78, 5) is 22.2. The van der Waals surface area contributed by atoms with Gasteiger partial charge in [0.2, 0.25) is 5.91 Å². The van der Waals surface area contributed by atoms with E-state index in [4.69, 9.17) is 4.74 Å². The summed E-state index contributed by atoms with van der Waals surface area (Å²) in [6, 6.07) is 4.15. The highest BCUT2D eigenvalue weighted by Crippen LogP contribution is 2.29. The van der Waals surface area contributed by atoms with Crippen LogP contribution < -0.4 is 10.1 Å². The van der Waals surface area contributed by atoms with E-state index < -0.39 is 4.92 Å². The number of nitrogens with zero attached hydrogens (tertiary/aromatic N) is 5. The molecule has 10 nitrogen and oxygen atoms in total. The normalized spacial score (nSPS) is 10.2. The highest BCUT2D eigenvalue weighted by atomic mass is 16.6. The van der Waals surface area contributed by atoms with Gasteiger partial charge in [-0.3, -0.25) is 14.9 Å². The second kappa shape index (κ2) is 5.94. The first-order valence-electron chi connectivity index (χ1n) is 5.84. The number of carbonyl (C=O) groups excluding carboxylic acids is 1. The lowest BCUT2D eigenvalue weighted by Crippen LogP contribution is -2.17. The number of tetrazole rings is 1. The maximum absolute atomic E-state index is 11.8. The molecule has 0 radical (unpaired) electrons. The third kappa shape index (κ3) is 3.29. The summed E-state index contributed by atoms with van der Waals surface area (Å²) in [5, 5.41) is 24.2. The number of nitrogens with one attached hydrogen (secondary N) is 1. The van der Waals surface area contributed by atoms with Crippen molar-refractivity contribution in [3.05, 3.63) is 34.1 Å². The van der Waals surface area contributed by atoms with E-state index in [1.54, 1.807) is 7.05 Å². The average Bonchev–Trinajstić information content (AvgIpc) is 2.84. The summed E-state index contributed by atoms with van der Waals surface area (Å²) in [5.41, 5.74) is 0.0678. The Morgan fingerprint density at radius 3 is 2.86 bits per heavy atom. The molecule has 1 amide bonds. The molecule has 2 aromatic rings. The number of hydrogen-bond donors (Lipinski definition) is 1. The molecule has 0 unspecified atom stereocenters. The Bertz CT molecular complexity index is 683. The number of anilines is 1. The van der Waals surface area contributed by atoms with Gasteiger partial charge in [-0.1, -0.05) is 0 Å². The Morgan fingerprint density at radius 2 is 2.29 bits per heavy atom. The number of hydrogen-bond acceptors (Lipinski definition) is 7. The zero-order valence-corrected chi connectivity index (χ0v) is 11.3. The zero-order chi connectivity index (χ0) is 15.4. The SMILES string of the molecule is COc1ccc(NC(=O)Cc2nnnn2C)cc1[N+](=O)[O-]. The van der Waals surface area contributed by atoms with Crippen molar-refractivity contribution in [2.24, 2.45) is 7.05 Å². The average molecular weight is 292 g/mol. The van der Waals surface area contributed by atoms with E-state index in [1.807, 2.05) is 0 Å². The molecule has 1 N–H and O–H groups in total. The molecule has 1 aromatic heterocycles. The molecule has 0 aliphatic heterocycles. The van der Waals surface area contributed by atoms with Crippen LogP contribution in [0.15, 0.2) is 18.2 Å². The van der Waals surface area contributed by atoms with Crippen molar-refractivity contribution in [1.82, 2.24) is 20.2 Å². The van der Waals surface area contributed by atoms with Crippen molar-refractivity contribution in [2.75, 3.05) is 12.4 Å². The second-order valence-electron chi connectivity index (χ2n) is 4.09. The van der Waals surface area contributed by atoms with Crippen molar-refractivity contribution in [2.45, 2.75) is 6.42 Å². The van der Waals surface area contributed by atoms with E-state index in [9.17, 15) is 14.9 Å². The minimum absolute atomic E-state index is 0.0384. The largest absolute Gasteiger partial charge is 0.490 e. The van der Waals surface area contributed by atoms with Gasteiger partial charge in [-0.2, -0.15) is 0 Å². The minimum atomic E-state index is -0.582. The van der Waals surface area contributed by atoms with Crippen LogP contribution in [0.1, 0.15) is 5.82 Å². The number of aryl methyl sites for hydroxylation is 1. The fourth-order valence-corrected chi connectivity index (χ4v) is 1.66. The van der Waals surface area contributed by atoms with Crippen LogP contribution in [-0.4, -0.2) is 38.1 Å². The Labute approximate surface area is 118 Å². The van der Waals surface area contributed by atoms with Crippen LogP contribution in [0, 0.1) is 10.1 Å². The number of ether oxygens (including phenoxy) is 1. The molecule has 0 saturated carbocycles. The van der Waals surface area contributed by atoms with Crippen LogP contribution >= 0.6 is 0 Å². The number of benzene rings is 1. The van der Waals surface area contributed by atoms with Gasteiger partial charge in [0.25, 0.3) is 0 Å². The van der Waals surface area contributed by atoms with Crippen molar-refractivity contribution < 1.29 is 14.5 Å². The van der Waals surface area contributed by atoms with E-state index in [0.29, 0.717) is 11.5 Å². The topological polar surface area (TPSA) is 125 Å². The maximum Gasteiger partial charge on any atom is 0.312 e. The maximum atomic E-state index is 11.8. The lowest BCUT2D eigenvalue weighted by Gasteiger charge is -2.06. The standard InChI is InChI=1S/C11H12N6O4/c1-16-10(13-14-15-16)6-11(18)12-7-3-4-9(21-2)8(5-7)17(19)20/h3-5H,6H2,1-2H3,(H,12,18). The summed E-state index contributed by atoms with van der Waals surface area (Å²) in [6.07, 6.45) is -0.0384. The first kappa shape index (κ1) is 14.4. The van der Waals surface area contributed by atoms with Crippen LogP contribution in [0.4, 0.5) is 11.4 Å². The van der Waals surface area contributed by atoms with Gasteiger partial charge in [-0.25, -0.2) is 4.68 Å². The smallest absolute Gasteiger partial charge is 0.312 e. The Balaban J connectivity index is 2.12. The molecule has 0 aliphatic rings. The number of nitro benzene ring substituents is 1. The molecule has 0 bridgehead atoms. The van der Waals surface area contributed by atoms with Gasteiger partial charge in [-0.05, 0) is 22.6 Å². The molecule has 0 fully saturated rings. The van der Waals surface area contributed by atoms with Crippen molar-refractivity contribution in [3.8, 4) is 5.75 Å². The molecule has 0 saturated heterocycles. The Hall–Kier alpha value is -3.04. The molecule has 21 heavy (non-hydrogen) atoms. The monoisotopic (exact) mass is 292 g/mol. The van der Waals surface area contributed by atoms with E-state index in [1.165, 1.54) is 30.0 Å². The van der Waals surface area contributed by atoms with Crippen molar-refractivity contribution >= 4 is 17.3 Å². The molecule has 110 valence electrons. The molecule has 0 aliphatic carbocycles. The second-order valence-corrected chi connectivity index (χ2v) is 4.09. The highest BCUT2D eigenvalue weighted by molar-refractivity contribution is 5.92. The first-order chi connectivity index (χ1) is 10.0. The molecule has 0 spiro atoms. The third-order valence-corrected chi connectivity index (χ3v) is 2.69. The molecule has 0 atom stereocenters. The van der Waals surface area contributed by atoms with Gasteiger partial charge in [0.1, 0.15) is 0 Å². The van der Waals surface area contributed by atoms with Crippen molar-refractivity contribution in [3.63, 3.8) is 0 Å². The number of rotatable bonds is 5. The Kier molecular flexibility index (Phi) is 4.07. The fraction of sp³-hybridized carbons (Fsp3) is 0.273. The summed E-state index contributed by atoms with van der Waals surface area (Å²) >= 11 is 0. The molecule has 1 aromatic carbocycles. The number of amides is 1. The van der Waals surface area contributed by atoms with Crippen LogP contribution in [0.5, 0.6) is 5.75 Å². The highest BCUT2D eigenvalue weighted by Gasteiger charge is 2.16. The summed E-state index contributed by atoms with van der Waals surface area (Å²) < 4.78 is 6.25. The van der Waals surface area contributed by atoms with E-state index in [0.717, 1.165) is 0 Å². The zero-order valence-electron chi connectivity index (χ0n) is 11.3. The van der Waals surface area contributed by atoms with Gasteiger partial charge < -0.3 is 10.1 Å². The minimum Gasteiger partial charge on any atom is -0.490 e. The molecular formula is C11H12N6O4.